The zero-order valence-electron chi connectivity index (χ0n) is 14.0. The van der Waals surface area contributed by atoms with Crippen molar-refractivity contribution in [3.8, 4) is 0 Å². The van der Waals surface area contributed by atoms with Gasteiger partial charge in [0.1, 0.15) is 0 Å². The SMILES string of the molecule is CCNCCNC(=O)c1cc(NC(=O)NC(C)(C)C)ccc1Cl. The Labute approximate surface area is 142 Å². The minimum Gasteiger partial charge on any atom is -0.351 e. The summed E-state index contributed by atoms with van der Waals surface area (Å²) in [5, 5.41) is 11.7. The van der Waals surface area contributed by atoms with E-state index < -0.39 is 0 Å². The molecule has 0 atom stereocenters. The summed E-state index contributed by atoms with van der Waals surface area (Å²) in [5.74, 6) is -0.271. The lowest BCUT2D eigenvalue weighted by Gasteiger charge is -2.21. The van der Waals surface area contributed by atoms with Crippen molar-refractivity contribution in [3.05, 3.63) is 28.8 Å². The second kappa shape index (κ2) is 8.74. The van der Waals surface area contributed by atoms with Gasteiger partial charge in [-0.2, -0.15) is 0 Å². The van der Waals surface area contributed by atoms with Crippen molar-refractivity contribution in [1.29, 1.82) is 0 Å². The van der Waals surface area contributed by atoms with Crippen LogP contribution in [0.25, 0.3) is 0 Å². The summed E-state index contributed by atoms with van der Waals surface area (Å²) in [6.07, 6.45) is 0. The molecule has 0 saturated carbocycles. The third-order valence-corrected chi connectivity index (χ3v) is 3.12. The molecule has 0 unspecified atom stereocenters. The number of rotatable bonds is 6. The molecule has 0 aliphatic heterocycles. The Bertz CT molecular complexity index is 556. The van der Waals surface area contributed by atoms with Crippen LogP contribution < -0.4 is 21.3 Å². The number of benzene rings is 1. The molecule has 0 bridgehead atoms. The number of nitrogens with one attached hydrogen (secondary N) is 4. The van der Waals surface area contributed by atoms with E-state index in [1.54, 1.807) is 18.2 Å². The minimum atomic E-state index is -0.344. The normalized spacial score (nSPS) is 11.0. The Kier molecular flexibility index (Phi) is 7.32. The number of hydrogen-bond donors (Lipinski definition) is 4. The van der Waals surface area contributed by atoms with Crippen LogP contribution in [0.2, 0.25) is 5.02 Å². The van der Waals surface area contributed by atoms with Gasteiger partial charge in [0.25, 0.3) is 5.91 Å². The molecule has 0 heterocycles. The zero-order chi connectivity index (χ0) is 17.5. The van der Waals surface area contributed by atoms with Crippen molar-refractivity contribution < 1.29 is 9.59 Å². The zero-order valence-corrected chi connectivity index (χ0v) is 14.8. The van der Waals surface area contributed by atoms with E-state index in [2.05, 4.69) is 21.3 Å². The van der Waals surface area contributed by atoms with Crippen LogP contribution in [0.15, 0.2) is 18.2 Å². The van der Waals surface area contributed by atoms with E-state index in [-0.39, 0.29) is 17.5 Å². The summed E-state index contributed by atoms with van der Waals surface area (Å²) < 4.78 is 0. The molecular formula is C16H25ClN4O2. The van der Waals surface area contributed by atoms with Gasteiger partial charge in [0.2, 0.25) is 0 Å². The first-order chi connectivity index (χ1) is 10.7. The molecular weight excluding hydrogens is 316 g/mol. The Balaban J connectivity index is 2.71. The monoisotopic (exact) mass is 340 g/mol. The number of urea groups is 1. The van der Waals surface area contributed by atoms with E-state index in [9.17, 15) is 9.59 Å². The van der Waals surface area contributed by atoms with Gasteiger partial charge >= 0.3 is 6.03 Å². The van der Waals surface area contributed by atoms with E-state index in [1.165, 1.54) is 0 Å². The summed E-state index contributed by atoms with van der Waals surface area (Å²) in [5.41, 5.74) is 0.493. The summed E-state index contributed by atoms with van der Waals surface area (Å²) in [4.78, 5) is 24.0. The predicted molar refractivity (Wildman–Crippen MR) is 94.2 cm³/mol. The van der Waals surface area contributed by atoms with Crippen LogP contribution in [-0.2, 0) is 0 Å². The van der Waals surface area contributed by atoms with Crippen LogP contribution in [0.1, 0.15) is 38.1 Å². The molecule has 0 aliphatic carbocycles. The third-order valence-electron chi connectivity index (χ3n) is 2.79. The molecule has 1 rings (SSSR count). The van der Waals surface area contributed by atoms with E-state index in [1.807, 2.05) is 27.7 Å². The number of amides is 3. The fourth-order valence-electron chi connectivity index (χ4n) is 1.82. The number of likely N-dealkylation sites (N-methyl/N-ethyl adjacent to an activating group) is 1. The van der Waals surface area contributed by atoms with Gasteiger partial charge in [0, 0.05) is 24.3 Å². The van der Waals surface area contributed by atoms with Crippen LogP contribution in [0, 0.1) is 0 Å². The summed E-state index contributed by atoms with van der Waals surface area (Å²) in [6.45, 7) is 9.69. The van der Waals surface area contributed by atoms with Gasteiger partial charge in [-0.3, -0.25) is 4.79 Å². The molecule has 0 radical (unpaired) electrons. The fourth-order valence-corrected chi connectivity index (χ4v) is 2.02. The Hall–Kier alpha value is -1.79. The van der Waals surface area contributed by atoms with Gasteiger partial charge in [0.15, 0.2) is 0 Å². The van der Waals surface area contributed by atoms with E-state index in [0.29, 0.717) is 29.4 Å². The molecule has 0 fully saturated rings. The number of carbonyl (C=O) groups excluding carboxylic acids is 2. The van der Waals surface area contributed by atoms with Crippen molar-refractivity contribution >= 4 is 29.2 Å². The summed E-state index contributed by atoms with van der Waals surface area (Å²) in [6, 6.07) is 4.47. The van der Waals surface area contributed by atoms with Gasteiger partial charge in [-0.15, -0.1) is 0 Å². The summed E-state index contributed by atoms with van der Waals surface area (Å²) >= 11 is 6.07. The number of hydrogen-bond acceptors (Lipinski definition) is 3. The second-order valence-electron chi connectivity index (χ2n) is 6.13. The molecule has 1 aromatic carbocycles. The van der Waals surface area contributed by atoms with Crippen LogP contribution in [-0.4, -0.2) is 37.1 Å². The van der Waals surface area contributed by atoms with Crippen molar-refractivity contribution in [3.63, 3.8) is 0 Å². The highest BCUT2D eigenvalue weighted by Crippen LogP contribution is 2.20. The minimum absolute atomic E-state index is 0.271. The predicted octanol–water partition coefficient (Wildman–Crippen LogP) is 2.60. The Morgan fingerprint density at radius 3 is 2.48 bits per heavy atom. The molecule has 0 aliphatic rings. The third kappa shape index (κ3) is 7.34. The summed E-state index contributed by atoms with van der Waals surface area (Å²) in [7, 11) is 0. The smallest absolute Gasteiger partial charge is 0.319 e. The van der Waals surface area contributed by atoms with E-state index in [0.717, 1.165) is 6.54 Å². The van der Waals surface area contributed by atoms with Gasteiger partial charge in [-0.1, -0.05) is 18.5 Å². The average molecular weight is 341 g/mol. The molecule has 128 valence electrons. The van der Waals surface area contributed by atoms with Crippen LogP contribution >= 0.6 is 11.6 Å². The second-order valence-corrected chi connectivity index (χ2v) is 6.54. The van der Waals surface area contributed by atoms with Gasteiger partial charge in [-0.05, 0) is 45.5 Å². The lowest BCUT2D eigenvalue weighted by molar-refractivity contribution is 0.0954. The van der Waals surface area contributed by atoms with Crippen LogP contribution in [0.5, 0.6) is 0 Å². The first-order valence-electron chi connectivity index (χ1n) is 7.60. The van der Waals surface area contributed by atoms with E-state index in [4.69, 9.17) is 11.6 Å². The Morgan fingerprint density at radius 1 is 1.17 bits per heavy atom. The highest BCUT2D eigenvalue weighted by Gasteiger charge is 2.15. The lowest BCUT2D eigenvalue weighted by atomic mass is 10.1. The quantitative estimate of drug-likeness (QED) is 0.601. The maximum absolute atomic E-state index is 12.1. The van der Waals surface area contributed by atoms with Gasteiger partial charge in [0.05, 0.1) is 10.6 Å². The number of anilines is 1. The molecule has 7 heteroatoms. The molecule has 3 amide bonds. The highest BCUT2D eigenvalue weighted by molar-refractivity contribution is 6.34. The van der Waals surface area contributed by atoms with Crippen LogP contribution in [0.3, 0.4) is 0 Å². The molecule has 23 heavy (non-hydrogen) atoms. The van der Waals surface area contributed by atoms with Crippen molar-refractivity contribution in [2.75, 3.05) is 25.0 Å². The van der Waals surface area contributed by atoms with Crippen LogP contribution in [0.4, 0.5) is 10.5 Å². The standard InChI is InChI=1S/C16H25ClN4O2/c1-5-18-8-9-19-14(22)12-10-11(6-7-13(12)17)20-15(23)21-16(2,3)4/h6-7,10,18H,5,8-9H2,1-4H3,(H,19,22)(H2,20,21,23). The lowest BCUT2D eigenvalue weighted by Crippen LogP contribution is -2.43. The van der Waals surface area contributed by atoms with Crippen molar-refractivity contribution in [1.82, 2.24) is 16.0 Å². The molecule has 0 saturated heterocycles. The first kappa shape index (κ1) is 19.3. The number of carbonyl (C=O) groups is 2. The van der Waals surface area contributed by atoms with Gasteiger partial charge < -0.3 is 21.3 Å². The highest BCUT2D eigenvalue weighted by atomic mass is 35.5. The Morgan fingerprint density at radius 2 is 1.87 bits per heavy atom. The van der Waals surface area contributed by atoms with Crippen molar-refractivity contribution in [2.45, 2.75) is 33.2 Å². The fraction of sp³-hybridized carbons (Fsp3) is 0.500. The maximum Gasteiger partial charge on any atom is 0.319 e. The average Bonchev–Trinajstić information content (AvgIpc) is 2.43. The van der Waals surface area contributed by atoms with E-state index >= 15 is 0 Å². The molecule has 0 aromatic heterocycles. The first-order valence-corrected chi connectivity index (χ1v) is 7.98. The molecule has 4 N–H and O–H groups in total. The molecule has 6 nitrogen and oxygen atoms in total. The topological polar surface area (TPSA) is 82.3 Å². The molecule has 0 spiro atoms. The maximum atomic E-state index is 12.1. The largest absolute Gasteiger partial charge is 0.351 e. The van der Waals surface area contributed by atoms with Crippen molar-refractivity contribution in [2.24, 2.45) is 0 Å². The van der Waals surface area contributed by atoms with Gasteiger partial charge in [-0.25, -0.2) is 4.79 Å². The molecule has 1 aromatic rings. The number of halogens is 1.